The van der Waals surface area contributed by atoms with Gasteiger partial charge in [0.1, 0.15) is 5.92 Å². The number of aliphatic hydroxyl groups excluding tert-OH is 1. The molecular weight excluding hydrogens is 268 g/mol. The van der Waals surface area contributed by atoms with E-state index in [1.54, 1.807) is 6.07 Å². The maximum Gasteiger partial charge on any atom is 0.318 e. The first-order chi connectivity index (χ1) is 10.2. The molecule has 4 nitrogen and oxygen atoms in total. The zero-order valence-electron chi connectivity index (χ0n) is 12.0. The van der Waals surface area contributed by atoms with E-state index >= 15 is 0 Å². The van der Waals surface area contributed by atoms with Crippen molar-refractivity contribution in [2.45, 2.75) is 12.2 Å². The van der Waals surface area contributed by atoms with E-state index in [1.165, 1.54) is 14.2 Å². The van der Waals surface area contributed by atoms with Crippen LogP contribution in [0.3, 0.4) is 0 Å². The van der Waals surface area contributed by atoms with Gasteiger partial charge in [-0.25, -0.2) is 0 Å². The summed E-state index contributed by atoms with van der Waals surface area (Å²) in [5.74, 6) is -1.43. The van der Waals surface area contributed by atoms with Gasteiger partial charge in [-0.3, -0.25) is 4.79 Å². The van der Waals surface area contributed by atoms with Crippen molar-refractivity contribution in [3.8, 4) is 11.1 Å². The first kappa shape index (κ1) is 15.2. The molecule has 0 aliphatic heterocycles. The molecule has 0 bridgehead atoms. The lowest BCUT2D eigenvalue weighted by molar-refractivity contribution is -0.157. The van der Waals surface area contributed by atoms with Gasteiger partial charge in [0.2, 0.25) is 0 Å². The lowest BCUT2D eigenvalue weighted by Crippen LogP contribution is -2.29. The van der Waals surface area contributed by atoms with Crippen molar-refractivity contribution in [3.63, 3.8) is 0 Å². The molecule has 2 atom stereocenters. The molecule has 2 unspecified atom stereocenters. The second-order valence-corrected chi connectivity index (χ2v) is 4.58. The van der Waals surface area contributed by atoms with Crippen LogP contribution in [0.25, 0.3) is 11.1 Å². The molecule has 0 heterocycles. The van der Waals surface area contributed by atoms with Crippen LogP contribution in [0.1, 0.15) is 11.5 Å². The average Bonchev–Trinajstić information content (AvgIpc) is 2.56. The minimum absolute atomic E-state index is 0.535. The third kappa shape index (κ3) is 3.29. The zero-order valence-corrected chi connectivity index (χ0v) is 12.0. The van der Waals surface area contributed by atoms with Crippen LogP contribution in [-0.4, -0.2) is 31.6 Å². The van der Waals surface area contributed by atoms with Crippen LogP contribution in [0.2, 0.25) is 0 Å². The zero-order chi connectivity index (χ0) is 15.2. The van der Waals surface area contributed by atoms with Crippen molar-refractivity contribution in [3.05, 3.63) is 60.2 Å². The quantitative estimate of drug-likeness (QED) is 0.678. The van der Waals surface area contributed by atoms with Crippen LogP contribution < -0.4 is 0 Å². The second kappa shape index (κ2) is 7.02. The molecule has 0 aliphatic rings. The molecule has 1 N–H and O–H groups in total. The minimum Gasteiger partial charge on any atom is -0.468 e. The fraction of sp³-hybridized carbons (Fsp3) is 0.235. The van der Waals surface area contributed by atoms with E-state index in [-0.39, 0.29) is 0 Å². The van der Waals surface area contributed by atoms with E-state index in [9.17, 15) is 9.90 Å². The van der Waals surface area contributed by atoms with Crippen molar-refractivity contribution in [2.75, 3.05) is 14.2 Å². The number of benzene rings is 2. The molecule has 21 heavy (non-hydrogen) atoms. The maximum absolute atomic E-state index is 12.0. The number of esters is 1. The summed E-state index contributed by atoms with van der Waals surface area (Å²) in [7, 11) is 2.65. The maximum atomic E-state index is 12.0. The molecule has 0 radical (unpaired) electrons. The lowest BCUT2D eigenvalue weighted by Gasteiger charge is -2.22. The van der Waals surface area contributed by atoms with Gasteiger partial charge in [-0.05, 0) is 16.7 Å². The van der Waals surface area contributed by atoms with E-state index in [2.05, 4.69) is 0 Å². The van der Waals surface area contributed by atoms with Crippen molar-refractivity contribution in [1.29, 1.82) is 0 Å². The van der Waals surface area contributed by atoms with E-state index in [4.69, 9.17) is 9.47 Å². The molecule has 0 spiro atoms. The first-order valence-electron chi connectivity index (χ1n) is 6.62. The number of ether oxygens (including phenoxy) is 2. The summed E-state index contributed by atoms with van der Waals surface area (Å²) in [6.45, 7) is 0. The molecule has 0 aliphatic carbocycles. The Morgan fingerprint density at radius 1 is 1.00 bits per heavy atom. The van der Waals surface area contributed by atoms with Crippen molar-refractivity contribution < 1.29 is 19.4 Å². The van der Waals surface area contributed by atoms with Crippen molar-refractivity contribution in [2.24, 2.45) is 0 Å². The van der Waals surface area contributed by atoms with E-state index in [0.29, 0.717) is 5.56 Å². The highest BCUT2D eigenvalue weighted by Crippen LogP contribution is 2.32. The SMILES string of the molecule is COC(=O)C(c1ccccc1-c1ccccc1)C(O)OC. The molecule has 4 heteroatoms. The number of aliphatic hydroxyl groups is 1. The Kier molecular flexibility index (Phi) is 5.09. The van der Waals surface area contributed by atoms with E-state index in [1.807, 2.05) is 48.5 Å². The highest BCUT2D eigenvalue weighted by molar-refractivity contribution is 5.83. The van der Waals surface area contributed by atoms with Crippen LogP contribution in [0.4, 0.5) is 0 Å². The summed E-state index contributed by atoms with van der Waals surface area (Å²) in [5.41, 5.74) is 2.50. The highest BCUT2D eigenvalue weighted by Gasteiger charge is 2.31. The minimum atomic E-state index is -1.26. The number of hydrogen-bond donors (Lipinski definition) is 1. The van der Waals surface area contributed by atoms with Gasteiger partial charge in [-0.1, -0.05) is 54.6 Å². The Balaban J connectivity index is 2.54. The lowest BCUT2D eigenvalue weighted by atomic mass is 9.90. The topological polar surface area (TPSA) is 55.8 Å². The fourth-order valence-electron chi connectivity index (χ4n) is 2.31. The van der Waals surface area contributed by atoms with Crippen molar-refractivity contribution in [1.82, 2.24) is 0 Å². The molecular formula is C17H18O4. The molecule has 2 rings (SSSR count). The third-order valence-corrected chi connectivity index (χ3v) is 3.36. The molecule has 0 saturated carbocycles. The molecule has 0 aromatic heterocycles. The smallest absolute Gasteiger partial charge is 0.318 e. The number of carbonyl (C=O) groups is 1. The van der Waals surface area contributed by atoms with Gasteiger partial charge in [0.05, 0.1) is 7.11 Å². The summed E-state index contributed by atoms with van der Waals surface area (Å²) >= 11 is 0. The van der Waals surface area contributed by atoms with Gasteiger partial charge in [-0.15, -0.1) is 0 Å². The van der Waals surface area contributed by atoms with Gasteiger partial charge in [0.25, 0.3) is 0 Å². The summed E-state index contributed by atoms with van der Waals surface area (Å²) in [6, 6.07) is 17.1. The van der Waals surface area contributed by atoms with E-state index < -0.39 is 18.2 Å². The Morgan fingerprint density at radius 3 is 2.24 bits per heavy atom. The molecule has 0 fully saturated rings. The highest BCUT2D eigenvalue weighted by atomic mass is 16.6. The number of methoxy groups -OCH3 is 2. The average molecular weight is 286 g/mol. The Bertz CT molecular complexity index is 595. The van der Waals surface area contributed by atoms with Crippen LogP contribution >= 0.6 is 0 Å². The monoisotopic (exact) mass is 286 g/mol. The molecule has 0 saturated heterocycles. The third-order valence-electron chi connectivity index (χ3n) is 3.36. The number of hydrogen-bond acceptors (Lipinski definition) is 4. The molecule has 110 valence electrons. The molecule has 0 amide bonds. The molecule has 2 aromatic carbocycles. The normalized spacial score (nSPS) is 13.5. The fourth-order valence-corrected chi connectivity index (χ4v) is 2.31. The van der Waals surface area contributed by atoms with Gasteiger partial charge < -0.3 is 14.6 Å². The Labute approximate surface area is 123 Å². The van der Waals surface area contributed by atoms with Gasteiger partial charge in [0, 0.05) is 7.11 Å². The van der Waals surface area contributed by atoms with Gasteiger partial charge >= 0.3 is 5.97 Å². The Morgan fingerprint density at radius 2 is 1.62 bits per heavy atom. The standard InChI is InChI=1S/C17H18O4/c1-20-16(18)15(17(19)21-2)14-11-7-6-10-13(14)12-8-4-3-5-9-12/h3-11,15-16,18H,1-2H3. The summed E-state index contributed by atoms with van der Waals surface area (Å²) in [4.78, 5) is 12.0. The van der Waals surface area contributed by atoms with Gasteiger partial charge in [-0.2, -0.15) is 0 Å². The number of rotatable bonds is 5. The summed E-state index contributed by atoms with van der Waals surface area (Å²) in [5, 5.41) is 10.0. The predicted octanol–water partition coefficient (Wildman–Crippen LogP) is 2.58. The van der Waals surface area contributed by atoms with E-state index in [0.717, 1.165) is 11.1 Å². The number of carbonyl (C=O) groups excluding carboxylic acids is 1. The van der Waals surface area contributed by atoms with Crippen LogP contribution in [0.5, 0.6) is 0 Å². The van der Waals surface area contributed by atoms with Gasteiger partial charge in [0.15, 0.2) is 6.29 Å². The van der Waals surface area contributed by atoms with Crippen LogP contribution in [-0.2, 0) is 14.3 Å². The first-order valence-corrected chi connectivity index (χ1v) is 6.62. The Hall–Kier alpha value is -2.17. The predicted molar refractivity (Wildman–Crippen MR) is 79.7 cm³/mol. The largest absolute Gasteiger partial charge is 0.468 e. The summed E-state index contributed by atoms with van der Waals surface area (Å²) < 4.78 is 9.74. The van der Waals surface area contributed by atoms with Crippen LogP contribution in [0, 0.1) is 0 Å². The van der Waals surface area contributed by atoms with Crippen LogP contribution in [0.15, 0.2) is 54.6 Å². The molecule has 2 aromatic rings. The summed E-state index contributed by atoms with van der Waals surface area (Å²) in [6.07, 6.45) is -1.26. The van der Waals surface area contributed by atoms with Crippen molar-refractivity contribution >= 4 is 5.97 Å². The second-order valence-electron chi connectivity index (χ2n) is 4.58.